The average molecular weight is 424 g/mol. The molecule has 2 aliphatic heterocycles. The number of likely N-dealkylation sites (tertiary alicyclic amines) is 2. The number of hydrogen-bond acceptors (Lipinski definition) is 5. The van der Waals surface area contributed by atoms with E-state index < -0.39 is 5.63 Å². The molecule has 164 valence electrons. The van der Waals surface area contributed by atoms with Crippen LogP contribution < -0.4 is 10.4 Å². The molecule has 0 unspecified atom stereocenters. The van der Waals surface area contributed by atoms with Gasteiger partial charge in [0.05, 0.1) is 13.2 Å². The number of amides is 2. The minimum absolute atomic E-state index is 0.0290. The van der Waals surface area contributed by atoms with Crippen molar-refractivity contribution in [2.24, 2.45) is 5.92 Å². The molecule has 2 atom stereocenters. The summed E-state index contributed by atoms with van der Waals surface area (Å²) in [6.07, 6.45) is 2.61. The van der Waals surface area contributed by atoms with E-state index in [0.717, 1.165) is 24.2 Å². The number of nitrogens with zero attached hydrogens (tertiary/aromatic N) is 2. The van der Waals surface area contributed by atoms with Crippen LogP contribution in [0.5, 0.6) is 5.75 Å². The van der Waals surface area contributed by atoms with Gasteiger partial charge in [-0.3, -0.25) is 9.59 Å². The number of rotatable bonds is 5. The molecule has 4 rings (SSSR count). The van der Waals surface area contributed by atoms with Crippen LogP contribution in [0.1, 0.15) is 40.1 Å². The van der Waals surface area contributed by atoms with Crippen molar-refractivity contribution in [3.05, 3.63) is 63.2 Å². The van der Waals surface area contributed by atoms with E-state index in [9.17, 15) is 14.4 Å². The molecule has 2 saturated heterocycles. The van der Waals surface area contributed by atoms with Crippen LogP contribution in [0.3, 0.4) is 0 Å². The van der Waals surface area contributed by atoms with E-state index in [-0.39, 0.29) is 23.4 Å². The number of carbonyl (C=O) groups is 2. The second-order valence-corrected chi connectivity index (χ2v) is 8.48. The molecule has 7 heteroatoms. The van der Waals surface area contributed by atoms with Gasteiger partial charge in [-0.15, -0.1) is 0 Å². The SMILES string of the molecule is COc1ccc(CCc2cc(C)c(C(=O)N3CC[C@@H]4CC(=O)N(C)[C@@H]4C3)c(=O)o2)cc1. The molecule has 31 heavy (non-hydrogen) atoms. The molecule has 1 aromatic heterocycles. The molecule has 2 fully saturated rings. The third-order valence-electron chi connectivity index (χ3n) is 6.57. The van der Waals surface area contributed by atoms with Crippen molar-refractivity contribution in [3.8, 4) is 5.75 Å². The standard InChI is InChI=1S/C24H28N2O5/c1-15-12-19(9-6-16-4-7-18(30-3)8-5-16)31-24(29)22(15)23(28)26-11-10-17-13-21(27)25(2)20(17)14-26/h4-5,7-8,12,17,20H,6,9-11,13-14H2,1-3H3/t17-,20-/m1/s1. The molecule has 0 spiro atoms. The zero-order valence-electron chi connectivity index (χ0n) is 18.2. The highest BCUT2D eigenvalue weighted by Crippen LogP contribution is 2.32. The van der Waals surface area contributed by atoms with E-state index in [0.29, 0.717) is 43.2 Å². The topological polar surface area (TPSA) is 80.1 Å². The lowest BCUT2D eigenvalue weighted by atomic mass is 9.91. The Morgan fingerprint density at radius 3 is 2.61 bits per heavy atom. The zero-order valence-corrected chi connectivity index (χ0v) is 18.2. The van der Waals surface area contributed by atoms with Crippen LogP contribution in [0, 0.1) is 12.8 Å². The molecule has 0 aliphatic carbocycles. The molecule has 2 aliphatic rings. The van der Waals surface area contributed by atoms with Crippen LogP contribution in [0.15, 0.2) is 39.5 Å². The quantitative estimate of drug-likeness (QED) is 0.737. The van der Waals surface area contributed by atoms with E-state index in [2.05, 4.69) is 0 Å². The largest absolute Gasteiger partial charge is 0.497 e. The first-order chi connectivity index (χ1) is 14.9. The number of methoxy groups -OCH3 is 1. The van der Waals surface area contributed by atoms with Gasteiger partial charge in [-0.1, -0.05) is 12.1 Å². The molecule has 0 N–H and O–H groups in total. The van der Waals surface area contributed by atoms with Crippen molar-refractivity contribution >= 4 is 11.8 Å². The van der Waals surface area contributed by atoms with E-state index >= 15 is 0 Å². The molecular formula is C24H28N2O5. The number of piperidine rings is 1. The Labute approximate surface area is 181 Å². The summed E-state index contributed by atoms with van der Waals surface area (Å²) >= 11 is 0. The number of fused-ring (bicyclic) bond motifs is 1. The van der Waals surface area contributed by atoms with E-state index in [1.54, 1.807) is 36.9 Å². The molecule has 2 amide bonds. The van der Waals surface area contributed by atoms with E-state index in [1.165, 1.54) is 0 Å². The first kappa shape index (κ1) is 21.2. The zero-order chi connectivity index (χ0) is 22.1. The Kier molecular flexibility index (Phi) is 5.85. The lowest BCUT2D eigenvalue weighted by Gasteiger charge is -2.37. The van der Waals surface area contributed by atoms with Gasteiger partial charge in [0.1, 0.15) is 17.1 Å². The third-order valence-corrected chi connectivity index (χ3v) is 6.57. The minimum atomic E-state index is -0.590. The fraction of sp³-hybridized carbons (Fsp3) is 0.458. The number of benzene rings is 1. The average Bonchev–Trinajstić information content (AvgIpc) is 3.05. The highest BCUT2D eigenvalue weighted by Gasteiger charge is 2.42. The summed E-state index contributed by atoms with van der Waals surface area (Å²) < 4.78 is 10.7. The van der Waals surface area contributed by atoms with Gasteiger partial charge in [0.15, 0.2) is 0 Å². The monoisotopic (exact) mass is 424 g/mol. The van der Waals surface area contributed by atoms with Crippen LogP contribution in [-0.2, 0) is 17.6 Å². The molecular weight excluding hydrogens is 396 g/mol. The van der Waals surface area contributed by atoms with Crippen molar-refractivity contribution in [2.45, 2.75) is 38.6 Å². The van der Waals surface area contributed by atoms with Crippen molar-refractivity contribution in [1.82, 2.24) is 9.80 Å². The maximum atomic E-state index is 13.1. The van der Waals surface area contributed by atoms with Crippen molar-refractivity contribution in [3.63, 3.8) is 0 Å². The molecule has 3 heterocycles. The van der Waals surface area contributed by atoms with Gasteiger partial charge in [-0.25, -0.2) is 4.79 Å². The number of aryl methyl sites for hydroxylation is 3. The molecule has 0 bridgehead atoms. The first-order valence-corrected chi connectivity index (χ1v) is 10.7. The number of ether oxygens (including phenoxy) is 1. The van der Waals surface area contributed by atoms with Gasteiger partial charge >= 0.3 is 5.63 Å². The lowest BCUT2D eigenvalue weighted by Crippen LogP contribution is -2.50. The summed E-state index contributed by atoms with van der Waals surface area (Å²) in [6, 6.07) is 9.58. The van der Waals surface area contributed by atoms with E-state index in [1.807, 2.05) is 24.3 Å². The maximum absolute atomic E-state index is 13.1. The number of hydrogen-bond donors (Lipinski definition) is 0. The maximum Gasteiger partial charge on any atom is 0.349 e. The van der Waals surface area contributed by atoms with Crippen LogP contribution in [0.25, 0.3) is 0 Å². The van der Waals surface area contributed by atoms with Crippen LogP contribution >= 0.6 is 0 Å². The Bertz CT molecular complexity index is 1040. The predicted octanol–water partition coefficient (Wildman–Crippen LogP) is 2.43. The van der Waals surface area contributed by atoms with Gasteiger partial charge in [0, 0.05) is 33.0 Å². The highest BCUT2D eigenvalue weighted by atomic mass is 16.5. The minimum Gasteiger partial charge on any atom is -0.497 e. The smallest absolute Gasteiger partial charge is 0.349 e. The third kappa shape index (κ3) is 4.22. The lowest BCUT2D eigenvalue weighted by molar-refractivity contribution is -0.127. The Hall–Kier alpha value is -3.09. The number of likely N-dealkylation sites (N-methyl/N-ethyl adjacent to an activating group) is 1. The van der Waals surface area contributed by atoms with Gasteiger partial charge in [0.25, 0.3) is 5.91 Å². The Balaban J connectivity index is 1.46. The predicted molar refractivity (Wildman–Crippen MR) is 115 cm³/mol. The summed E-state index contributed by atoms with van der Waals surface area (Å²) in [4.78, 5) is 41.2. The molecule has 0 radical (unpaired) electrons. The van der Waals surface area contributed by atoms with Gasteiger partial charge in [-0.05, 0) is 55.0 Å². The van der Waals surface area contributed by atoms with Crippen molar-refractivity contribution in [2.75, 3.05) is 27.2 Å². The normalized spacial score (nSPS) is 20.7. The van der Waals surface area contributed by atoms with Gasteiger partial charge < -0.3 is 19.0 Å². The summed E-state index contributed by atoms with van der Waals surface area (Å²) in [5.74, 6) is 1.47. The summed E-state index contributed by atoms with van der Waals surface area (Å²) in [5.41, 5.74) is 1.25. The summed E-state index contributed by atoms with van der Waals surface area (Å²) in [6.45, 7) is 2.79. The number of carbonyl (C=O) groups excluding carboxylic acids is 2. The first-order valence-electron chi connectivity index (χ1n) is 10.7. The fourth-order valence-electron chi connectivity index (χ4n) is 4.67. The summed E-state index contributed by atoms with van der Waals surface area (Å²) in [7, 11) is 3.42. The second kappa shape index (κ2) is 8.57. The second-order valence-electron chi connectivity index (χ2n) is 8.48. The van der Waals surface area contributed by atoms with Crippen molar-refractivity contribution < 1.29 is 18.7 Å². The Morgan fingerprint density at radius 1 is 1.19 bits per heavy atom. The van der Waals surface area contributed by atoms with Gasteiger partial charge in [0.2, 0.25) is 5.91 Å². The fourth-order valence-corrected chi connectivity index (χ4v) is 4.67. The van der Waals surface area contributed by atoms with Crippen LogP contribution in [0.4, 0.5) is 0 Å². The molecule has 1 aromatic carbocycles. The Morgan fingerprint density at radius 2 is 1.94 bits per heavy atom. The van der Waals surface area contributed by atoms with Crippen LogP contribution in [0.2, 0.25) is 0 Å². The van der Waals surface area contributed by atoms with Crippen molar-refractivity contribution in [1.29, 1.82) is 0 Å². The van der Waals surface area contributed by atoms with Crippen LogP contribution in [-0.4, -0.2) is 54.9 Å². The molecule has 2 aromatic rings. The van der Waals surface area contributed by atoms with E-state index in [4.69, 9.17) is 9.15 Å². The highest BCUT2D eigenvalue weighted by molar-refractivity contribution is 5.95. The van der Waals surface area contributed by atoms with Gasteiger partial charge in [-0.2, -0.15) is 0 Å². The summed E-state index contributed by atoms with van der Waals surface area (Å²) in [5, 5.41) is 0. The molecule has 7 nitrogen and oxygen atoms in total. The molecule has 0 saturated carbocycles.